The number of nitrogens with one attached hydrogen (secondary N) is 1. The Hall–Kier alpha value is -2.95. The molecule has 0 saturated heterocycles. The van der Waals surface area contributed by atoms with Gasteiger partial charge in [0.2, 0.25) is 10.0 Å². The number of thiazole rings is 1. The summed E-state index contributed by atoms with van der Waals surface area (Å²) in [5.41, 5.74) is 1.58. The average molecular weight is 489 g/mol. The quantitative estimate of drug-likeness (QED) is 0.483. The second kappa shape index (κ2) is 9.90. The van der Waals surface area contributed by atoms with E-state index in [9.17, 15) is 13.2 Å². The van der Waals surface area contributed by atoms with Crippen molar-refractivity contribution in [3.63, 3.8) is 0 Å². The van der Waals surface area contributed by atoms with Gasteiger partial charge in [0.05, 0.1) is 10.6 Å². The summed E-state index contributed by atoms with van der Waals surface area (Å²) >= 11 is 1.45. The SMILES string of the molecule is CC(C)[C@@H](NS(=O)(=O)c1ccc2c(c1)OCCO2)C(=O)OCc1csc(-c2ccccc2)n1. The van der Waals surface area contributed by atoms with E-state index in [2.05, 4.69) is 9.71 Å². The van der Waals surface area contributed by atoms with Gasteiger partial charge in [0.1, 0.15) is 30.9 Å². The molecule has 33 heavy (non-hydrogen) atoms. The molecule has 2 aromatic carbocycles. The summed E-state index contributed by atoms with van der Waals surface area (Å²) in [7, 11) is -4.00. The fraction of sp³-hybridized carbons (Fsp3) is 0.304. The summed E-state index contributed by atoms with van der Waals surface area (Å²) in [4.78, 5) is 17.2. The summed E-state index contributed by atoms with van der Waals surface area (Å²) in [6.07, 6.45) is 0. The highest BCUT2D eigenvalue weighted by molar-refractivity contribution is 7.89. The number of esters is 1. The highest BCUT2D eigenvalue weighted by Crippen LogP contribution is 2.32. The first kappa shape index (κ1) is 23.2. The molecule has 1 aliphatic heterocycles. The normalized spacial score (nSPS) is 14.2. The monoisotopic (exact) mass is 488 g/mol. The lowest BCUT2D eigenvalue weighted by atomic mass is 10.1. The predicted molar refractivity (Wildman–Crippen MR) is 124 cm³/mol. The maximum Gasteiger partial charge on any atom is 0.324 e. The van der Waals surface area contributed by atoms with Crippen molar-refractivity contribution in [3.05, 3.63) is 59.6 Å². The van der Waals surface area contributed by atoms with Crippen LogP contribution in [0.4, 0.5) is 0 Å². The van der Waals surface area contributed by atoms with Gasteiger partial charge < -0.3 is 14.2 Å². The van der Waals surface area contributed by atoms with Crippen LogP contribution in [-0.4, -0.2) is 38.6 Å². The molecular formula is C23H24N2O6S2. The summed E-state index contributed by atoms with van der Waals surface area (Å²) in [6, 6.07) is 13.0. The zero-order valence-corrected chi connectivity index (χ0v) is 19.8. The van der Waals surface area contributed by atoms with Crippen LogP contribution in [0.1, 0.15) is 19.5 Å². The molecule has 0 spiro atoms. The van der Waals surface area contributed by atoms with Gasteiger partial charge in [-0.2, -0.15) is 4.72 Å². The van der Waals surface area contributed by atoms with Crippen LogP contribution in [0.25, 0.3) is 10.6 Å². The number of fused-ring (bicyclic) bond motifs is 1. The van der Waals surface area contributed by atoms with Crippen LogP contribution < -0.4 is 14.2 Å². The molecule has 0 saturated carbocycles. The molecule has 1 aliphatic rings. The molecule has 10 heteroatoms. The Kier molecular flexibility index (Phi) is 6.96. The third-order valence-corrected chi connectivity index (χ3v) is 7.34. The molecule has 1 atom stereocenters. The number of hydrogen-bond acceptors (Lipinski definition) is 8. The van der Waals surface area contributed by atoms with E-state index >= 15 is 0 Å². The van der Waals surface area contributed by atoms with Gasteiger partial charge in [-0.25, -0.2) is 13.4 Å². The molecule has 174 valence electrons. The topological polar surface area (TPSA) is 104 Å². The number of sulfonamides is 1. The Balaban J connectivity index is 1.43. The van der Waals surface area contributed by atoms with Gasteiger partial charge in [0.15, 0.2) is 11.5 Å². The van der Waals surface area contributed by atoms with Crippen molar-refractivity contribution in [3.8, 4) is 22.1 Å². The minimum Gasteiger partial charge on any atom is -0.486 e. The van der Waals surface area contributed by atoms with Crippen LogP contribution in [0.2, 0.25) is 0 Å². The molecule has 0 bridgehead atoms. The van der Waals surface area contributed by atoms with E-state index in [4.69, 9.17) is 14.2 Å². The first-order valence-electron chi connectivity index (χ1n) is 10.4. The molecule has 0 radical (unpaired) electrons. The van der Waals surface area contributed by atoms with Gasteiger partial charge in [0, 0.05) is 17.0 Å². The fourth-order valence-corrected chi connectivity index (χ4v) is 5.36. The van der Waals surface area contributed by atoms with E-state index in [1.54, 1.807) is 13.8 Å². The van der Waals surface area contributed by atoms with Gasteiger partial charge in [0.25, 0.3) is 0 Å². The smallest absolute Gasteiger partial charge is 0.324 e. The number of benzene rings is 2. The lowest BCUT2D eigenvalue weighted by Gasteiger charge is -2.22. The number of rotatable bonds is 8. The summed E-state index contributed by atoms with van der Waals surface area (Å²) in [5, 5.41) is 2.64. The molecule has 1 N–H and O–H groups in total. The van der Waals surface area contributed by atoms with Crippen LogP contribution in [0, 0.1) is 5.92 Å². The molecule has 0 aliphatic carbocycles. The molecule has 0 fully saturated rings. The second-order valence-corrected chi connectivity index (χ2v) is 10.3. The molecule has 4 rings (SSSR count). The van der Waals surface area contributed by atoms with Gasteiger partial charge in [-0.15, -0.1) is 11.3 Å². The minimum atomic E-state index is -4.00. The van der Waals surface area contributed by atoms with E-state index < -0.39 is 22.0 Å². The Bertz CT molecular complexity index is 1220. The maximum atomic E-state index is 12.9. The van der Waals surface area contributed by atoms with Crippen molar-refractivity contribution in [1.82, 2.24) is 9.71 Å². The molecule has 0 amide bonds. The highest BCUT2D eigenvalue weighted by Gasteiger charge is 2.30. The molecule has 0 unspecified atom stereocenters. The first-order chi connectivity index (χ1) is 15.8. The van der Waals surface area contributed by atoms with E-state index in [0.29, 0.717) is 30.4 Å². The average Bonchev–Trinajstić information content (AvgIpc) is 3.30. The Morgan fingerprint density at radius 3 is 2.58 bits per heavy atom. The standard InChI is InChI=1S/C23H24N2O6S2/c1-15(2)21(25-33(27,28)18-8-9-19-20(12-18)30-11-10-29-19)23(26)31-13-17-14-32-22(24-17)16-6-4-3-5-7-16/h3-9,12,14-15,21,25H,10-11,13H2,1-2H3/t21-/m1/s1. The Morgan fingerprint density at radius 2 is 1.85 bits per heavy atom. The summed E-state index contributed by atoms with van der Waals surface area (Å²) < 4.78 is 44.7. The van der Waals surface area contributed by atoms with Crippen molar-refractivity contribution in [2.45, 2.75) is 31.4 Å². The van der Waals surface area contributed by atoms with Gasteiger partial charge in [-0.1, -0.05) is 44.2 Å². The second-order valence-electron chi connectivity index (χ2n) is 7.77. The third-order valence-electron chi connectivity index (χ3n) is 4.96. The van der Waals surface area contributed by atoms with Crippen molar-refractivity contribution in [2.75, 3.05) is 13.2 Å². The zero-order chi connectivity index (χ0) is 23.4. The van der Waals surface area contributed by atoms with E-state index in [1.165, 1.54) is 29.5 Å². The minimum absolute atomic E-state index is 0.0165. The Morgan fingerprint density at radius 1 is 1.12 bits per heavy atom. The number of aromatic nitrogens is 1. The van der Waals surface area contributed by atoms with Gasteiger partial charge in [-0.05, 0) is 18.1 Å². The van der Waals surface area contributed by atoms with E-state index in [-0.39, 0.29) is 17.4 Å². The fourth-order valence-electron chi connectivity index (χ4n) is 3.20. The highest BCUT2D eigenvalue weighted by atomic mass is 32.2. The largest absolute Gasteiger partial charge is 0.486 e. The van der Waals surface area contributed by atoms with Crippen molar-refractivity contribution < 1.29 is 27.4 Å². The molecule has 8 nitrogen and oxygen atoms in total. The molecule has 3 aromatic rings. The van der Waals surface area contributed by atoms with Crippen molar-refractivity contribution in [2.24, 2.45) is 5.92 Å². The lowest BCUT2D eigenvalue weighted by molar-refractivity contribution is -0.148. The van der Waals surface area contributed by atoms with Crippen LogP contribution in [-0.2, 0) is 26.2 Å². The van der Waals surface area contributed by atoms with E-state index in [1.807, 2.05) is 35.7 Å². The molecule has 1 aromatic heterocycles. The number of carbonyl (C=O) groups excluding carboxylic acids is 1. The zero-order valence-electron chi connectivity index (χ0n) is 18.2. The maximum absolute atomic E-state index is 12.9. The van der Waals surface area contributed by atoms with Gasteiger partial charge in [-0.3, -0.25) is 4.79 Å². The number of nitrogens with zero attached hydrogens (tertiary/aromatic N) is 1. The Labute approximate surface area is 196 Å². The van der Waals surface area contributed by atoms with Crippen molar-refractivity contribution >= 4 is 27.3 Å². The summed E-state index contributed by atoms with van der Waals surface area (Å²) in [5.74, 6) is -0.163. The predicted octanol–water partition coefficient (Wildman–Crippen LogP) is 3.63. The van der Waals surface area contributed by atoms with Gasteiger partial charge >= 0.3 is 5.97 Å². The number of carbonyl (C=O) groups is 1. The first-order valence-corrected chi connectivity index (χ1v) is 12.8. The van der Waals surface area contributed by atoms with Crippen LogP contribution in [0.3, 0.4) is 0 Å². The number of ether oxygens (including phenoxy) is 3. The molecule has 2 heterocycles. The van der Waals surface area contributed by atoms with Crippen LogP contribution in [0.15, 0.2) is 58.8 Å². The number of hydrogen-bond donors (Lipinski definition) is 1. The van der Waals surface area contributed by atoms with E-state index in [0.717, 1.165) is 10.6 Å². The van der Waals surface area contributed by atoms with Crippen LogP contribution >= 0.6 is 11.3 Å². The molecular weight excluding hydrogens is 464 g/mol. The third kappa shape index (κ3) is 5.52. The lowest BCUT2D eigenvalue weighted by Crippen LogP contribution is -2.45. The van der Waals surface area contributed by atoms with Crippen LogP contribution in [0.5, 0.6) is 11.5 Å². The van der Waals surface area contributed by atoms with Crippen molar-refractivity contribution in [1.29, 1.82) is 0 Å². The summed E-state index contributed by atoms with van der Waals surface area (Å²) in [6.45, 7) is 4.19.